The van der Waals surface area contributed by atoms with Crippen LogP contribution in [0.15, 0.2) is 24.3 Å². The Labute approximate surface area is 109 Å². The summed E-state index contributed by atoms with van der Waals surface area (Å²) in [7, 11) is 0. The molecule has 2 nitrogen and oxygen atoms in total. The molecule has 0 heterocycles. The minimum atomic E-state index is 0.272. The Morgan fingerprint density at radius 2 is 1.67 bits per heavy atom. The van der Waals surface area contributed by atoms with Crippen LogP contribution < -0.4 is 5.32 Å². The van der Waals surface area contributed by atoms with Crippen molar-refractivity contribution in [3.63, 3.8) is 0 Å². The van der Waals surface area contributed by atoms with Gasteiger partial charge in [-0.05, 0) is 55.3 Å². The number of nitrogens with one attached hydrogen (secondary N) is 1. The molecule has 0 radical (unpaired) electrons. The van der Waals surface area contributed by atoms with Crippen LogP contribution in [0.25, 0.3) is 0 Å². The van der Waals surface area contributed by atoms with Crippen molar-refractivity contribution in [1.29, 1.82) is 0 Å². The first-order valence-corrected chi connectivity index (χ1v) is 7.44. The van der Waals surface area contributed by atoms with E-state index in [-0.39, 0.29) is 5.92 Å². The number of hydrogen-bond acceptors (Lipinski definition) is 1. The van der Waals surface area contributed by atoms with Crippen molar-refractivity contribution in [2.24, 2.45) is 35.5 Å². The molecule has 96 valence electrons. The molecule has 4 aliphatic carbocycles. The molecule has 0 saturated heterocycles. The summed E-state index contributed by atoms with van der Waals surface area (Å²) in [4.78, 5) is 12.2. The maximum absolute atomic E-state index is 12.2. The largest absolute Gasteiger partial charge is 0.356 e. The van der Waals surface area contributed by atoms with Gasteiger partial charge in [0.2, 0.25) is 5.91 Å². The zero-order valence-corrected chi connectivity index (χ0v) is 10.7. The zero-order valence-electron chi connectivity index (χ0n) is 10.7. The maximum atomic E-state index is 12.2. The molecule has 2 fully saturated rings. The van der Waals surface area contributed by atoms with Gasteiger partial charge in [-0.2, -0.15) is 0 Å². The van der Waals surface area contributed by atoms with Crippen LogP contribution in [0.2, 0.25) is 0 Å². The first-order chi connectivity index (χ1) is 8.79. The third kappa shape index (κ3) is 1.65. The number of carbonyl (C=O) groups excluding carboxylic acids is 1. The first-order valence-electron chi connectivity index (χ1n) is 7.44. The predicted molar refractivity (Wildman–Crippen MR) is 70.7 cm³/mol. The van der Waals surface area contributed by atoms with E-state index in [1.165, 1.54) is 19.3 Å². The van der Waals surface area contributed by atoms with E-state index in [0.29, 0.717) is 23.7 Å². The lowest BCUT2D eigenvalue weighted by Gasteiger charge is -2.22. The molecule has 4 rings (SSSR count). The second kappa shape index (κ2) is 3.97. The normalized spacial score (nSPS) is 47.1. The first kappa shape index (κ1) is 10.8. The van der Waals surface area contributed by atoms with E-state index in [0.717, 1.165) is 24.8 Å². The highest BCUT2D eigenvalue weighted by Crippen LogP contribution is 2.44. The molecule has 1 amide bonds. The number of fused-ring (bicyclic) bond motifs is 4. The SMILES string of the molecule is O=C(NC[C@@H]1C[C@H]2C=C[C@@H]1C2)[C@@H]1C[C@@H]2C=C[C@H]1C2. The van der Waals surface area contributed by atoms with E-state index >= 15 is 0 Å². The van der Waals surface area contributed by atoms with Gasteiger partial charge in [-0.1, -0.05) is 24.3 Å². The lowest BCUT2D eigenvalue weighted by Crippen LogP contribution is -2.36. The topological polar surface area (TPSA) is 29.1 Å². The number of rotatable bonds is 3. The van der Waals surface area contributed by atoms with Crippen molar-refractivity contribution in [3.8, 4) is 0 Å². The summed E-state index contributed by atoms with van der Waals surface area (Å²) in [5, 5.41) is 3.23. The van der Waals surface area contributed by atoms with Crippen molar-refractivity contribution in [2.75, 3.05) is 6.54 Å². The van der Waals surface area contributed by atoms with Crippen LogP contribution in [-0.2, 0) is 4.79 Å². The van der Waals surface area contributed by atoms with Gasteiger partial charge in [0.25, 0.3) is 0 Å². The highest BCUT2D eigenvalue weighted by atomic mass is 16.1. The van der Waals surface area contributed by atoms with Crippen LogP contribution in [0.3, 0.4) is 0 Å². The Kier molecular flexibility index (Phi) is 2.39. The quantitative estimate of drug-likeness (QED) is 0.758. The fourth-order valence-electron chi connectivity index (χ4n) is 4.57. The molecule has 18 heavy (non-hydrogen) atoms. The number of allylic oxidation sites excluding steroid dienone is 4. The molecule has 4 aliphatic rings. The van der Waals surface area contributed by atoms with E-state index < -0.39 is 0 Å². The van der Waals surface area contributed by atoms with Gasteiger partial charge in [0.05, 0.1) is 0 Å². The summed E-state index contributed by atoms with van der Waals surface area (Å²) in [6.07, 6.45) is 14.2. The predicted octanol–water partition coefficient (Wildman–Crippen LogP) is 2.53. The Hall–Kier alpha value is -1.05. The lowest BCUT2D eigenvalue weighted by molar-refractivity contribution is -0.125. The number of hydrogen-bond donors (Lipinski definition) is 1. The third-order valence-corrected chi connectivity index (χ3v) is 5.57. The van der Waals surface area contributed by atoms with E-state index in [2.05, 4.69) is 29.6 Å². The summed E-state index contributed by atoms with van der Waals surface area (Å²) in [6.45, 7) is 0.905. The average Bonchev–Trinajstić information content (AvgIpc) is 3.13. The molecule has 0 aromatic rings. The van der Waals surface area contributed by atoms with Crippen LogP contribution in [0, 0.1) is 35.5 Å². The smallest absolute Gasteiger partial charge is 0.223 e. The molecular formula is C16H21NO. The fourth-order valence-corrected chi connectivity index (χ4v) is 4.57. The molecule has 0 aliphatic heterocycles. The molecule has 2 heteroatoms. The standard InChI is InChI=1S/C16H21NO/c18-16(15-8-11-2-4-13(15)6-11)17-9-14-7-10-1-3-12(14)5-10/h1-4,10-15H,5-9H2,(H,17,18)/t10-,11+,12+,13-,14-,15+/m0/s1. The monoisotopic (exact) mass is 243 g/mol. The van der Waals surface area contributed by atoms with Gasteiger partial charge < -0.3 is 5.32 Å². The molecular weight excluding hydrogens is 222 g/mol. The lowest BCUT2D eigenvalue weighted by atomic mass is 9.91. The van der Waals surface area contributed by atoms with Crippen LogP contribution in [0.5, 0.6) is 0 Å². The highest BCUT2D eigenvalue weighted by Gasteiger charge is 2.40. The van der Waals surface area contributed by atoms with Crippen molar-refractivity contribution in [3.05, 3.63) is 24.3 Å². The second-order valence-electron chi connectivity index (χ2n) is 6.67. The van der Waals surface area contributed by atoms with E-state index in [1.54, 1.807) is 0 Å². The number of amides is 1. The van der Waals surface area contributed by atoms with Crippen LogP contribution >= 0.6 is 0 Å². The van der Waals surface area contributed by atoms with Crippen LogP contribution in [0.4, 0.5) is 0 Å². The van der Waals surface area contributed by atoms with Crippen LogP contribution in [0.1, 0.15) is 25.7 Å². The Balaban J connectivity index is 1.32. The summed E-state index contributed by atoms with van der Waals surface area (Å²) < 4.78 is 0. The van der Waals surface area contributed by atoms with Crippen molar-refractivity contribution in [1.82, 2.24) is 5.32 Å². The Morgan fingerprint density at radius 3 is 2.22 bits per heavy atom. The molecule has 6 atom stereocenters. The molecule has 0 unspecified atom stereocenters. The van der Waals surface area contributed by atoms with Crippen molar-refractivity contribution in [2.45, 2.75) is 25.7 Å². The molecule has 0 spiro atoms. The van der Waals surface area contributed by atoms with E-state index in [1.807, 2.05) is 0 Å². The summed E-state index contributed by atoms with van der Waals surface area (Å²) in [5.74, 6) is 4.08. The van der Waals surface area contributed by atoms with Crippen LogP contribution in [-0.4, -0.2) is 12.5 Å². The summed E-state index contributed by atoms with van der Waals surface area (Å²) in [5.41, 5.74) is 0. The summed E-state index contributed by atoms with van der Waals surface area (Å²) >= 11 is 0. The Bertz CT molecular complexity index is 425. The molecule has 1 N–H and O–H groups in total. The van der Waals surface area contributed by atoms with Gasteiger partial charge in [0.1, 0.15) is 0 Å². The average molecular weight is 243 g/mol. The fraction of sp³-hybridized carbons (Fsp3) is 0.688. The Morgan fingerprint density at radius 1 is 0.944 bits per heavy atom. The molecule has 4 bridgehead atoms. The second-order valence-corrected chi connectivity index (χ2v) is 6.67. The highest BCUT2D eigenvalue weighted by molar-refractivity contribution is 5.80. The van der Waals surface area contributed by atoms with Gasteiger partial charge in [0.15, 0.2) is 0 Å². The maximum Gasteiger partial charge on any atom is 0.223 e. The minimum Gasteiger partial charge on any atom is -0.356 e. The zero-order chi connectivity index (χ0) is 12.1. The molecule has 2 saturated carbocycles. The van der Waals surface area contributed by atoms with E-state index in [4.69, 9.17) is 0 Å². The molecule has 0 aromatic carbocycles. The van der Waals surface area contributed by atoms with E-state index in [9.17, 15) is 4.79 Å². The van der Waals surface area contributed by atoms with Gasteiger partial charge >= 0.3 is 0 Å². The molecule has 0 aromatic heterocycles. The van der Waals surface area contributed by atoms with Gasteiger partial charge in [-0.25, -0.2) is 0 Å². The summed E-state index contributed by atoms with van der Waals surface area (Å²) in [6, 6.07) is 0. The third-order valence-electron chi connectivity index (χ3n) is 5.57. The number of carbonyl (C=O) groups is 1. The van der Waals surface area contributed by atoms with Gasteiger partial charge in [0, 0.05) is 12.5 Å². The minimum absolute atomic E-state index is 0.272. The van der Waals surface area contributed by atoms with Gasteiger partial charge in [-0.3, -0.25) is 4.79 Å². The van der Waals surface area contributed by atoms with Crippen molar-refractivity contribution >= 4 is 5.91 Å². The van der Waals surface area contributed by atoms with Gasteiger partial charge in [-0.15, -0.1) is 0 Å². The van der Waals surface area contributed by atoms with Crippen molar-refractivity contribution < 1.29 is 4.79 Å².